The smallest absolute Gasteiger partial charge is 0.274 e. The molecule has 0 bridgehead atoms. The molecule has 94 valence electrons. The molecule has 2 rings (SSSR count). The van der Waals surface area contributed by atoms with Crippen molar-refractivity contribution in [2.45, 2.75) is 39.2 Å². The average molecular weight is 236 g/mol. The number of amides is 1. The maximum atomic E-state index is 12.4. The van der Waals surface area contributed by atoms with Crippen molar-refractivity contribution in [2.75, 3.05) is 18.8 Å². The lowest BCUT2D eigenvalue weighted by Gasteiger charge is -2.27. The Balaban J connectivity index is 2.19. The SMILES string of the molecule is CCCn1ncc(N)c1C(=O)N1CCCCC1. The second-order valence-corrected chi connectivity index (χ2v) is 4.52. The van der Waals surface area contributed by atoms with E-state index in [9.17, 15) is 4.79 Å². The number of carbonyl (C=O) groups is 1. The standard InChI is InChI=1S/C12H20N4O/c1-2-6-16-11(10(13)9-14-16)12(17)15-7-4-3-5-8-15/h9H,2-8,13H2,1H3. The number of rotatable bonds is 3. The molecule has 0 aliphatic carbocycles. The van der Waals surface area contributed by atoms with Gasteiger partial charge >= 0.3 is 0 Å². The summed E-state index contributed by atoms with van der Waals surface area (Å²) in [6, 6.07) is 0. The highest BCUT2D eigenvalue weighted by Crippen LogP contribution is 2.17. The molecule has 1 aromatic rings. The van der Waals surface area contributed by atoms with Crippen LogP contribution in [0.3, 0.4) is 0 Å². The molecule has 2 N–H and O–H groups in total. The van der Waals surface area contributed by atoms with Crippen LogP contribution in [0.25, 0.3) is 0 Å². The fraction of sp³-hybridized carbons (Fsp3) is 0.667. The molecule has 2 heterocycles. The first-order chi connectivity index (χ1) is 8.24. The van der Waals surface area contributed by atoms with Crippen molar-refractivity contribution in [3.05, 3.63) is 11.9 Å². The number of nitrogen functional groups attached to an aromatic ring is 1. The van der Waals surface area contributed by atoms with Gasteiger partial charge in [0.1, 0.15) is 5.69 Å². The van der Waals surface area contributed by atoms with Crippen LogP contribution in [0.2, 0.25) is 0 Å². The molecule has 1 aliphatic heterocycles. The third-order valence-corrected chi connectivity index (χ3v) is 3.15. The molecule has 1 saturated heterocycles. The number of aryl methyl sites for hydroxylation is 1. The number of nitrogens with two attached hydrogens (primary N) is 1. The van der Waals surface area contributed by atoms with Gasteiger partial charge in [-0.1, -0.05) is 6.92 Å². The topological polar surface area (TPSA) is 64.2 Å². The maximum absolute atomic E-state index is 12.4. The highest BCUT2D eigenvalue weighted by molar-refractivity contribution is 5.97. The Labute approximate surface area is 102 Å². The van der Waals surface area contributed by atoms with Gasteiger partial charge in [-0.25, -0.2) is 0 Å². The highest BCUT2D eigenvalue weighted by atomic mass is 16.2. The molecule has 5 heteroatoms. The summed E-state index contributed by atoms with van der Waals surface area (Å²) in [5, 5.41) is 4.17. The van der Waals surface area contributed by atoms with Gasteiger partial charge in [0.05, 0.1) is 11.9 Å². The van der Waals surface area contributed by atoms with Crippen LogP contribution >= 0.6 is 0 Å². The van der Waals surface area contributed by atoms with Crippen LogP contribution in [0.1, 0.15) is 43.1 Å². The van der Waals surface area contributed by atoms with E-state index in [1.165, 1.54) is 6.42 Å². The Hall–Kier alpha value is -1.52. The van der Waals surface area contributed by atoms with Crippen LogP contribution in [0, 0.1) is 0 Å². The molecule has 0 saturated carbocycles. The van der Waals surface area contributed by atoms with E-state index in [1.807, 2.05) is 4.90 Å². The van der Waals surface area contributed by atoms with Crippen molar-refractivity contribution in [2.24, 2.45) is 0 Å². The number of hydrogen-bond acceptors (Lipinski definition) is 3. The van der Waals surface area contributed by atoms with E-state index < -0.39 is 0 Å². The van der Waals surface area contributed by atoms with Crippen LogP contribution in [0.15, 0.2) is 6.20 Å². The fourth-order valence-corrected chi connectivity index (χ4v) is 2.26. The number of piperidine rings is 1. The molecule has 5 nitrogen and oxygen atoms in total. The molecule has 0 atom stereocenters. The van der Waals surface area contributed by atoms with Crippen LogP contribution in [-0.4, -0.2) is 33.7 Å². The molecule has 1 amide bonds. The molecule has 1 aromatic heterocycles. The van der Waals surface area contributed by atoms with Gasteiger partial charge in [-0.3, -0.25) is 9.48 Å². The maximum Gasteiger partial charge on any atom is 0.274 e. The Morgan fingerprint density at radius 3 is 2.76 bits per heavy atom. The van der Waals surface area contributed by atoms with E-state index in [0.717, 1.165) is 38.9 Å². The summed E-state index contributed by atoms with van der Waals surface area (Å²) in [5.74, 6) is 0.0353. The number of aromatic nitrogens is 2. The predicted octanol–water partition coefficient (Wildman–Crippen LogP) is 1.50. The normalized spacial score (nSPS) is 16.2. The summed E-state index contributed by atoms with van der Waals surface area (Å²) in [4.78, 5) is 14.3. The summed E-state index contributed by atoms with van der Waals surface area (Å²) in [7, 11) is 0. The molecule has 0 aromatic carbocycles. The van der Waals surface area contributed by atoms with Crippen LogP contribution in [0.5, 0.6) is 0 Å². The van der Waals surface area contributed by atoms with Gasteiger partial charge in [0.2, 0.25) is 0 Å². The average Bonchev–Trinajstić information content (AvgIpc) is 2.71. The molecule has 17 heavy (non-hydrogen) atoms. The number of nitrogens with zero attached hydrogens (tertiary/aromatic N) is 3. The molecule has 1 aliphatic rings. The lowest BCUT2D eigenvalue weighted by molar-refractivity contribution is 0.0712. The number of likely N-dealkylation sites (tertiary alicyclic amines) is 1. The third kappa shape index (κ3) is 2.43. The minimum Gasteiger partial charge on any atom is -0.396 e. The minimum atomic E-state index is 0.0353. The Bertz CT molecular complexity index is 393. The highest BCUT2D eigenvalue weighted by Gasteiger charge is 2.23. The van der Waals surface area contributed by atoms with E-state index in [1.54, 1.807) is 10.9 Å². The summed E-state index contributed by atoms with van der Waals surface area (Å²) >= 11 is 0. The quantitative estimate of drug-likeness (QED) is 0.865. The van der Waals surface area contributed by atoms with Crippen molar-refractivity contribution in [1.29, 1.82) is 0 Å². The molecular formula is C12H20N4O. The van der Waals surface area contributed by atoms with Gasteiger partial charge in [-0.15, -0.1) is 0 Å². The molecule has 0 spiro atoms. The van der Waals surface area contributed by atoms with E-state index in [0.29, 0.717) is 11.4 Å². The fourth-order valence-electron chi connectivity index (χ4n) is 2.26. The number of hydrogen-bond donors (Lipinski definition) is 1. The van der Waals surface area contributed by atoms with Crippen LogP contribution < -0.4 is 5.73 Å². The Kier molecular flexibility index (Phi) is 3.66. The van der Waals surface area contributed by atoms with E-state index in [-0.39, 0.29) is 5.91 Å². The predicted molar refractivity (Wildman–Crippen MR) is 66.7 cm³/mol. The van der Waals surface area contributed by atoms with Crippen LogP contribution in [0.4, 0.5) is 5.69 Å². The zero-order valence-electron chi connectivity index (χ0n) is 10.4. The van der Waals surface area contributed by atoms with E-state index in [4.69, 9.17) is 5.73 Å². The first kappa shape index (κ1) is 12.0. The summed E-state index contributed by atoms with van der Waals surface area (Å²) in [6.07, 6.45) is 5.92. The number of anilines is 1. The van der Waals surface area contributed by atoms with Crippen molar-refractivity contribution >= 4 is 11.6 Å². The van der Waals surface area contributed by atoms with Crippen LogP contribution in [-0.2, 0) is 6.54 Å². The van der Waals surface area contributed by atoms with Gasteiger partial charge in [-0.2, -0.15) is 5.10 Å². The van der Waals surface area contributed by atoms with Crippen molar-refractivity contribution in [3.63, 3.8) is 0 Å². The molecule has 0 unspecified atom stereocenters. The summed E-state index contributed by atoms with van der Waals surface area (Å²) in [6.45, 7) is 4.49. The Morgan fingerprint density at radius 1 is 1.41 bits per heavy atom. The Morgan fingerprint density at radius 2 is 2.12 bits per heavy atom. The second kappa shape index (κ2) is 5.21. The summed E-state index contributed by atoms with van der Waals surface area (Å²) in [5.41, 5.74) is 6.91. The molecular weight excluding hydrogens is 216 g/mol. The number of carbonyl (C=O) groups excluding carboxylic acids is 1. The van der Waals surface area contributed by atoms with Gasteiger partial charge in [-0.05, 0) is 25.7 Å². The largest absolute Gasteiger partial charge is 0.396 e. The first-order valence-electron chi connectivity index (χ1n) is 6.34. The van der Waals surface area contributed by atoms with Gasteiger partial charge in [0, 0.05) is 19.6 Å². The first-order valence-corrected chi connectivity index (χ1v) is 6.34. The lowest BCUT2D eigenvalue weighted by Crippen LogP contribution is -2.37. The molecule has 0 radical (unpaired) electrons. The van der Waals surface area contributed by atoms with Crippen molar-refractivity contribution in [1.82, 2.24) is 14.7 Å². The zero-order valence-corrected chi connectivity index (χ0v) is 10.4. The minimum absolute atomic E-state index is 0.0353. The third-order valence-electron chi connectivity index (χ3n) is 3.15. The summed E-state index contributed by atoms with van der Waals surface area (Å²) < 4.78 is 1.73. The van der Waals surface area contributed by atoms with Gasteiger partial charge < -0.3 is 10.6 Å². The van der Waals surface area contributed by atoms with E-state index >= 15 is 0 Å². The lowest BCUT2D eigenvalue weighted by atomic mass is 10.1. The van der Waals surface area contributed by atoms with Crippen molar-refractivity contribution in [3.8, 4) is 0 Å². The van der Waals surface area contributed by atoms with Gasteiger partial charge in [0.15, 0.2) is 0 Å². The second-order valence-electron chi connectivity index (χ2n) is 4.52. The molecule has 1 fully saturated rings. The monoisotopic (exact) mass is 236 g/mol. The van der Waals surface area contributed by atoms with Gasteiger partial charge in [0.25, 0.3) is 5.91 Å². The van der Waals surface area contributed by atoms with Crippen molar-refractivity contribution < 1.29 is 4.79 Å². The van der Waals surface area contributed by atoms with E-state index in [2.05, 4.69) is 12.0 Å². The zero-order chi connectivity index (χ0) is 12.3.